The first kappa shape index (κ1) is 20.4. The van der Waals surface area contributed by atoms with Crippen LogP contribution in [0.1, 0.15) is 10.4 Å². The molecule has 31 heavy (non-hydrogen) atoms. The minimum Gasteiger partial charge on any atom is -0.292 e. The van der Waals surface area contributed by atoms with Crippen molar-refractivity contribution < 1.29 is 18.3 Å². The van der Waals surface area contributed by atoms with Crippen molar-refractivity contribution in [3.8, 4) is 10.6 Å². The number of halogens is 2. The van der Waals surface area contributed by atoms with Crippen molar-refractivity contribution in [2.24, 2.45) is 5.10 Å². The van der Waals surface area contributed by atoms with Gasteiger partial charge in [-0.3, -0.25) is 5.32 Å². The van der Waals surface area contributed by atoms with Gasteiger partial charge in [-0.2, -0.15) is 5.32 Å². The number of thiophene rings is 1. The van der Waals surface area contributed by atoms with E-state index in [-0.39, 0.29) is 11.6 Å². The van der Waals surface area contributed by atoms with Gasteiger partial charge in [0.15, 0.2) is 5.69 Å². The summed E-state index contributed by atoms with van der Waals surface area (Å²) in [5, 5.41) is 9.41. The molecular formula is C22H18F2N5OS+. The molecule has 156 valence electrons. The Morgan fingerprint density at radius 2 is 1.90 bits per heavy atom. The fourth-order valence-electron chi connectivity index (χ4n) is 2.81. The highest BCUT2D eigenvalue weighted by molar-refractivity contribution is 7.15. The summed E-state index contributed by atoms with van der Waals surface area (Å²) in [7, 11) is 0. The van der Waals surface area contributed by atoms with E-state index < -0.39 is 17.7 Å². The lowest BCUT2D eigenvalue weighted by atomic mass is 10.2. The maximum atomic E-state index is 13.8. The SMILES string of the molecule is Cc1ccc(-c2c[n+](N=Cc3ccccc3)c(NC(=O)Nc3ccc(F)cc3F)[nH]2)s1. The van der Waals surface area contributed by atoms with Crippen molar-refractivity contribution in [1.29, 1.82) is 0 Å². The molecule has 0 bridgehead atoms. The number of nitrogens with zero attached hydrogens (tertiary/aromatic N) is 2. The zero-order chi connectivity index (χ0) is 21.8. The zero-order valence-corrected chi connectivity index (χ0v) is 17.2. The zero-order valence-electron chi connectivity index (χ0n) is 16.4. The third-order valence-corrected chi connectivity index (χ3v) is 5.32. The molecule has 0 fully saturated rings. The highest BCUT2D eigenvalue weighted by Gasteiger charge is 2.20. The number of carbonyl (C=O) groups excluding carboxylic acids is 1. The number of aryl methyl sites for hydroxylation is 1. The van der Waals surface area contributed by atoms with Crippen LogP contribution in [0.25, 0.3) is 10.6 Å². The molecule has 0 aliphatic rings. The van der Waals surface area contributed by atoms with Crippen molar-refractivity contribution in [3.05, 3.63) is 88.9 Å². The Morgan fingerprint density at radius 3 is 2.61 bits per heavy atom. The van der Waals surface area contributed by atoms with E-state index in [0.717, 1.165) is 33.1 Å². The van der Waals surface area contributed by atoms with Crippen LogP contribution in [0, 0.1) is 18.6 Å². The van der Waals surface area contributed by atoms with Gasteiger partial charge < -0.3 is 0 Å². The first-order chi connectivity index (χ1) is 15.0. The van der Waals surface area contributed by atoms with Crippen LogP contribution >= 0.6 is 11.3 Å². The van der Waals surface area contributed by atoms with E-state index in [1.807, 2.05) is 49.4 Å². The number of aromatic nitrogens is 2. The smallest absolute Gasteiger partial charge is 0.292 e. The number of rotatable bonds is 5. The topological polar surface area (TPSA) is 73.2 Å². The lowest BCUT2D eigenvalue weighted by Gasteiger charge is -2.04. The number of hydrogen-bond donors (Lipinski definition) is 3. The summed E-state index contributed by atoms with van der Waals surface area (Å²) in [6, 6.07) is 15.7. The second kappa shape index (κ2) is 8.88. The second-order valence-electron chi connectivity index (χ2n) is 6.63. The number of benzene rings is 2. The van der Waals surface area contributed by atoms with Crippen LogP contribution in [-0.4, -0.2) is 17.2 Å². The number of amides is 2. The summed E-state index contributed by atoms with van der Waals surface area (Å²) >= 11 is 1.59. The van der Waals surface area contributed by atoms with E-state index in [9.17, 15) is 13.6 Å². The van der Waals surface area contributed by atoms with Crippen molar-refractivity contribution in [1.82, 2.24) is 4.98 Å². The largest absolute Gasteiger partial charge is 0.388 e. The number of imidazole rings is 1. The van der Waals surface area contributed by atoms with Gasteiger partial charge in [0.1, 0.15) is 17.8 Å². The van der Waals surface area contributed by atoms with Gasteiger partial charge in [-0.25, -0.2) is 18.6 Å². The normalized spacial score (nSPS) is 11.1. The van der Waals surface area contributed by atoms with Crippen LogP contribution < -0.4 is 15.3 Å². The quantitative estimate of drug-likeness (QED) is 0.293. The Labute approximate surface area is 180 Å². The lowest BCUT2D eigenvalue weighted by Crippen LogP contribution is -2.33. The summed E-state index contributed by atoms with van der Waals surface area (Å²) < 4.78 is 28.4. The maximum absolute atomic E-state index is 13.8. The van der Waals surface area contributed by atoms with Gasteiger partial charge in [0.05, 0.1) is 16.8 Å². The van der Waals surface area contributed by atoms with E-state index in [1.165, 1.54) is 4.68 Å². The van der Waals surface area contributed by atoms with Gasteiger partial charge >= 0.3 is 12.0 Å². The van der Waals surface area contributed by atoms with Gasteiger partial charge in [-0.15, -0.1) is 21.1 Å². The molecule has 0 radical (unpaired) electrons. The molecule has 6 nitrogen and oxygen atoms in total. The number of anilines is 2. The predicted molar refractivity (Wildman–Crippen MR) is 117 cm³/mol. The molecule has 2 aromatic heterocycles. The summed E-state index contributed by atoms with van der Waals surface area (Å²) in [6.07, 6.45) is 3.40. The Morgan fingerprint density at radius 1 is 1.10 bits per heavy atom. The number of nitrogens with one attached hydrogen (secondary N) is 3. The molecule has 0 aliphatic carbocycles. The van der Waals surface area contributed by atoms with Gasteiger partial charge in [-0.05, 0) is 36.8 Å². The Kier molecular flexibility index (Phi) is 5.85. The fraction of sp³-hybridized carbons (Fsp3) is 0.0455. The number of hydrogen-bond acceptors (Lipinski definition) is 3. The van der Waals surface area contributed by atoms with Crippen molar-refractivity contribution >= 4 is 35.2 Å². The minimum absolute atomic E-state index is 0.140. The summed E-state index contributed by atoms with van der Waals surface area (Å²) in [5.74, 6) is -1.32. The number of urea groups is 1. The fourth-order valence-corrected chi connectivity index (χ4v) is 3.64. The monoisotopic (exact) mass is 438 g/mol. The second-order valence-corrected chi connectivity index (χ2v) is 7.92. The van der Waals surface area contributed by atoms with Crippen molar-refractivity contribution in [2.75, 3.05) is 10.6 Å². The van der Waals surface area contributed by atoms with Crippen LogP contribution in [0.5, 0.6) is 0 Å². The molecule has 4 aromatic rings. The molecule has 4 rings (SSSR count). The van der Waals surface area contributed by atoms with Crippen LogP contribution in [0.15, 0.2) is 72.0 Å². The third-order valence-electron chi connectivity index (χ3n) is 4.28. The molecule has 0 saturated heterocycles. The van der Waals surface area contributed by atoms with Gasteiger partial charge in [-0.1, -0.05) is 30.3 Å². The number of aromatic amines is 1. The predicted octanol–water partition coefficient (Wildman–Crippen LogP) is 5.14. The number of carbonyl (C=O) groups is 1. The van der Waals surface area contributed by atoms with Gasteiger partial charge in [0.2, 0.25) is 0 Å². The van der Waals surface area contributed by atoms with Gasteiger partial charge in [0, 0.05) is 10.9 Å². The van der Waals surface area contributed by atoms with Crippen LogP contribution in [0.3, 0.4) is 0 Å². The Balaban J connectivity index is 1.60. The molecule has 0 saturated carbocycles. The summed E-state index contributed by atoms with van der Waals surface area (Å²) in [5.41, 5.74) is 1.50. The molecule has 0 spiro atoms. The molecule has 0 aliphatic heterocycles. The van der Waals surface area contributed by atoms with Crippen LogP contribution in [0.4, 0.5) is 25.2 Å². The van der Waals surface area contributed by atoms with E-state index in [1.54, 1.807) is 23.7 Å². The van der Waals surface area contributed by atoms with Crippen LogP contribution in [-0.2, 0) is 0 Å². The highest BCUT2D eigenvalue weighted by Crippen LogP contribution is 2.26. The van der Waals surface area contributed by atoms with E-state index in [0.29, 0.717) is 6.07 Å². The summed E-state index contributed by atoms with van der Waals surface area (Å²) in [4.78, 5) is 17.7. The average molecular weight is 438 g/mol. The maximum Gasteiger partial charge on any atom is 0.388 e. The number of H-pyrrole nitrogens is 1. The molecule has 0 unspecified atom stereocenters. The minimum atomic E-state index is -0.869. The molecule has 3 N–H and O–H groups in total. The van der Waals surface area contributed by atoms with Crippen molar-refractivity contribution in [2.45, 2.75) is 6.92 Å². The highest BCUT2D eigenvalue weighted by atomic mass is 32.1. The molecule has 2 aromatic carbocycles. The van der Waals surface area contributed by atoms with E-state index in [4.69, 9.17) is 0 Å². The Hall–Kier alpha value is -3.85. The standard InChI is InChI=1S/C22H17F2N5OS/c1-14-7-10-20(31-14)19-13-29(25-12-15-5-3-2-4-6-15)21(26-19)28-22(30)27-18-9-8-16(23)11-17(18)24/h2-13H,1H3,(H2,26,27,28,30)/p+1. The van der Waals surface area contributed by atoms with Crippen LogP contribution in [0.2, 0.25) is 0 Å². The van der Waals surface area contributed by atoms with E-state index >= 15 is 0 Å². The third kappa shape index (κ3) is 5.01. The first-order valence-electron chi connectivity index (χ1n) is 9.32. The van der Waals surface area contributed by atoms with Gasteiger partial charge in [0.25, 0.3) is 0 Å². The lowest BCUT2D eigenvalue weighted by molar-refractivity contribution is -0.662. The molecule has 2 amide bonds. The van der Waals surface area contributed by atoms with E-state index in [2.05, 4.69) is 20.7 Å². The summed E-state index contributed by atoms with van der Waals surface area (Å²) in [6.45, 7) is 2.00. The molecule has 9 heteroatoms. The molecule has 0 atom stereocenters. The Bertz CT molecular complexity index is 1250. The molecule has 2 heterocycles. The first-order valence-corrected chi connectivity index (χ1v) is 10.1. The van der Waals surface area contributed by atoms with Crippen molar-refractivity contribution in [3.63, 3.8) is 0 Å². The molecular weight excluding hydrogens is 420 g/mol. The average Bonchev–Trinajstić information content (AvgIpc) is 3.35.